The number of methoxy groups -OCH3 is 1. The number of rotatable bonds is 4. The molecule has 0 fully saturated rings. The van der Waals surface area contributed by atoms with Crippen molar-refractivity contribution in [2.45, 2.75) is 0 Å². The maximum atomic E-state index is 13.1. The molecular formula is C24H17N3O3. The zero-order valence-corrected chi connectivity index (χ0v) is 16.1. The highest BCUT2D eigenvalue weighted by Gasteiger charge is 2.17. The van der Waals surface area contributed by atoms with Crippen LogP contribution in [0.5, 0.6) is 5.75 Å². The van der Waals surface area contributed by atoms with Gasteiger partial charge in [-0.3, -0.25) is 9.36 Å². The molecule has 0 aliphatic heterocycles. The van der Waals surface area contributed by atoms with Crippen LogP contribution >= 0.6 is 0 Å². The number of benzene rings is 3. The van der Waals surface area contributed by atoms with E-state index in [0.717, 1.165) is 16.6 Å². The summed E-state index contributed by atoms with van der Waals surface area (Å²) in [6.45, 7) is 0. The second-order valence-corrected chi connectivity index (χ2v) is 6.75. The Balaban J connectivity index is 1.71. The Kier molecular flexibility index (Phi) is 4.37. The van der Waals surface area contributed by atoms with Crippen LogP contribution in [0.15, 0.2) is 94.4 Å². The second-order valence-electron chi connectivity index (χ2n) is 6.75. The number of hydrogen-bond donors (Lipinski definition) is 0. The van der Waals surface area contributed by atoms with Gasteiger partial charge in [0.1, 0.15) is 5.75 Å². The van der Waals surface area contributed by atoms with Crippen LogP contribution in [0.3, 0.4) is 0 Å². The van der Waals surface area contributed by atoms with Gasteiger partial charge in [-0.15, -0.1) is 0 Å². The number of pyridine rings is 1. The third-order valence-electron chi connectivity index (χ3n) is 4.94. The van der Waals surface area contributed by atoms with E-state index in [1.54, 1.807) is 23.9 Å². The van der Waals surface area contributed by atoms with Crippen molar-refractivity contribution in [2.24, 2.45) is 0 Å². The van der Waals surface area contributed by atoms with Gasteiger partial charge in [0.25, 0.3) is 11.4 Å². The first-order chi connectivity index (χ1) is 14.7. The molecule has 0 saturated carbocycles. The van der Waals surface area contributed by atoms with E-state index in [-0.39, 0.29) is 5.56 Å². The first-order valence-corrected chi connectivity index (χ1v) is 9.43. The van der Waals surface area contributed by atoms with E-state index >= 15 is 0 Å². The lowest BCUT2D eigenvalue weighted by molar-refractivity contribution is 0.414. The van der Waals surface area contributed by atoms with Gasteiger partial charge in [0.2, 0.25) is 5.82 Å². The number of ether oxygens (including phenoxy) is 1. The van der Waals surface area contributed by atoms with Gasteiger partial charge in [-0.2, -0.15) is 4.98 Å². The van der Waals surface area contributed by atoms with Gasteiger partial charge in [0.15, 0.2) is 0 Å². The summed E-state index contributed by atoms with van der Waals surface area (Å²) in [6.07, 6.45) is 1.75. The van der Waals surface area contributed by atoms with Crippen molar-refractivity contribution in [1.29, 1.82) is 0 Å². The molecule has 6 heteroatoms. The van der Waals surface area contributed by atoms with Crippen molar-refractivity contribution in [3.63, 3.8) is 0 Å². The molecule has 0 bridgehead atoms. The Morgan fingerprint density at radius 2 is 1.67 bits per heavy atom. The van der Waals surface area contributed by atoms with Crippen molar-refractivity contribution in [3.05, 3.63) is 95.4 Å². The van der Waals surface area contributed by atoms with Crippen LogP contribution < -0.4 is 10.3 Å². The summed E-state index contributed by atoms with van der Waals surface area (Å²) in [5.74, 6) is 1.50. The van der Waals surface area contributed by atoms with E-state index in [1.165, 1.54) is 0 Å². The third-order valence-corrected chi connectivity index (χ3v) is 4.94. The number of aromatic nitrogens is 3. The molecule has 0 radical (unpaired) electrons. The fourth-order valence-electron chi connectivity index (χ4n) is 3.45. The van der Waals surface area contributed by atoms with Gasteiger partial charge in [0, 0.05) is 28.2 Å². The highest BCUT2D eigenvalue weighted by atomic mass is 16.5. The molecule has 2 aromatic heterocycles. The van der Waals surface area contributed by atoms with Gasteiger partial charge in [0.05, 0.1) is 12.7 Å². The summed E-state index contributed by atoms with van der Waals surface area (Å²) >= 11 is 0. The Bertz CT molecular complexity index is 1400. The molecule has 6 nitrogen and oxygen atoms in total. The predicted molar refractivity (Wildman–Crippen MR) is 115 cm³/mol. The van der Waals surface area contributed by atoms with Crippen molar-refractivity contribution >= 4 is 10.8 Å². The van der Waals surface area contributed by atoms with Gasteiger partial charge in [-0.05, 0) is 30.3 Å². The van der Waals surface area contributed by atoms with E-state index < -0.39 is 0 Å². The maximum absolute atomic E-state index is 13.1. The smallest absolute Gasteiger partial charge is 0.262 e. The molecule has 0 N–H and O–H groups in total. The molecule has 0 saturated heterocycles. The lowest BCUT2D eigenvalue weighted by atomic mass is 10.1. The standard InChI is InChI=1S/C24H17N3O3/c1-29-18-11-7-8-16(14-18)22-25-23(30-26-22)21-15-27(17-9-3-2-4-10-17)24(28)20-13-6-5-12-19(20)21/h2-15H,1H3. The van der Waals surface area contributed by atoms with Crippen LogP contribution in [0.4, 0.5) is 0 Å². The van der Waals surface area contributed by atoms with Crippen molar-refractivity contribution < 1.29 is 9.26 Å². The lowest BCUT2D eigenvalue weighted by Crippen LogP contribution is -2.18. The average Bonchev–Trinajstić information content (AvgIpc) is 3.30. The molecule has 0 atom stereocenters. The quantitative estimate of drug-likeness (QED) is 0.440. The number of hydrogen-bond acceptors (Lipinski definition) is 5. The molecule has 0 aliphatic carbocycles. The number of fused-ring (bicyclic) bond motifs is 1. The van der Waals surface area contributed by atoms with Gasteiger partial charge in [-0.1, -0.05) is 53.7 Å². The molecule has 30 heavy (non-hydrogen) atoms. The molecular weight excluding hydrogens is 378 g/mol. The van der Waals surface area contributed by atoms with E-state index in [9.17, 15) is 4.79 Å². The lowest BCUT2D eigenvalue weighted by Gasteiger charge is -2.10. The molecule has 0 unspecified atom stereocenters. The Labute approximate surface area is 172 Å². The van der Waals surface area contributed by atoms with Crippen LogP contribution in [-0.2, 0) is 0 Å². The van der Waals surface area contributed by atoms with E-state index in [2.05, 4.69) is 10.1 Å². The molecule has 3 aromatic carbocycles. The summed E-state index contributed by atoms with van der Waals surface area (Å²) in [4.78, 5) is 17.7. The fraction of sp³-hybridized carbons (Fsp3) is 0.0417. The third kappa shape index (κ3) is 3.04. The normalized spacial score (nSPS) is 11.0. The average molecular weight is 395 g/mol. The van der Waals surface area contributed by atoms with Crippen LogP contribution in [-0.4, -0.2) is 21.8 Å². The summed E-state index contributed by atoms with van der Waals surface area (Å²) < 4.78 is 12.5. The molecule has 0 amide bonds. The van der Waals surface area contributed by atoms with Gasteiger partial charge < -0.3 is 9.26 Å². The van der Waals surface area contributed by atoms with E-state index in [1.807, 2.05) is 72.8 Å². The zero-order chi connectivity index (χ0) is 20.5. The topological polar surface area (TPSA) is 70.2 Å². The Hall–Kier alpha value is -4.19. The fourth-order valence-corrected chi connectivity index (χ4v) is 3.45. The van der Waals surface area contributed by atoms with Crippen LogP contribution in [0.1, 0.15) is 0 Å². The Morgan fingerprint density at radius 3 is 2.47 bits per heavy atom. The minimum Gasteiger partial charge on any atom is -0.497 e. The predicted octanol–water partition coefficient (Wildman–Crippen LogP) is 4.72. The molecule has 0 aliphatic rings. The first-order valence-electron chi connectivity index (χ1n) is 9.43. The SMILES string of the molecule is COc1cccc(-c2noc(-c3cn(-c4ccccc4)c(=O)c4ccccc34)n2)c1. The zero-order valence-electron chi connectivity index (χ0n) is 16.1. The number of nitrogens with zero attached hydrogens (tertiary/aromatic N) is 3. The first kappa shape index (κ1) is 17.9. The van der Waals surface area contributed by atoms with Crippen molar-refractivity contribution in [1.82, 2.24) is 14.7 Å². The highest BCUT2D eigenvalue weighted by Crippen LogP contribution is 2.29. The van der Waals surface area contributed by atoms with Crippen LogP contribution in [0.25, 0.3) is 39.3 Å². The Morgan fingerprint density at radius 1 is 0.900 bits per heavy atom. The van der Waals surface area contributed by atoms with Crippen LogP contribution in [0.2, 0.25) is 0 Å². The van der Waals surface area contributed by atoms with Crippen LogP contribution in [0, 0.1) is 0 Å². The highest BCUT2D eigenvalue weighted by molar-refractivity contribution is 5.94. The summed E-state index contributed by atoms with van der Waals surface area (Å²) in [5.41, 5.74) is 2.14. The van der Waals surface area contributed by atoms with Gasteiger partial charge in [-0.25, -0.2) is 0 Å². The van der Waals surface area contributed by atoms with Crippen molar-refractivity contribution in [3.8, 4) is 34.3 Å². The monoisotopic (exact) mass is 395 g/mol. The summed E-state index contributed by atoms with van der Waals surface area (Å²) in [7, 11) is 1.61. The molecule has 5 rings (SSSR count). The molecule has 0 spiro atoms. The summed E-state index contributed by atoms with van der Waals surface area (Å²) in [6, 6.07) is 24.3. The summed E-state index contributed by atoms with van der Waals surface area (Å²) in [5, 5.41) is 5.48. The second kappa shape index (κ2) is 7.33. The minimum atomic E-state index is -0.104. The van der Waals surface area contributed by atoms with Crippen molar-refractivity contribution in [2.75, 3.05) is 7.11 Å². The van der Waals surface area contributed by atoms with E-state index in [4.69, 9.17) is 9.26 Å². The van der Waals surface area contributed by atoms with Gasteiger partial charge >= 0.3 is 0 Å². The molecule has 2 heterocycles. The maximum Gasteiger partial charge on any atom is 0.262 e. The molecule has 146 valence electrons. The largest absolute Gasteiger partial charge is 0.497 e. The van der Waals surface area contributed by atoms with E-state index in [0.29, 0.717) is 28.4 Å². The number of para-hydroxylation sites is 1. The minimum absolute atomic E-state index is 0.104. The molecule has 5 aromatic rings.